The first-order valence-electron chi connectivity index (χ1n) is 26.2. The number of carbonyl (C=O) groups excluding carboxylic acids is 2. The average Bonchev–Trinajstić information content (AvgIpc) is 3.21. The second-order valence-electron chi connectivity index (χ2n) is 19.3. The van der Waals surface area contributed by atoms with Crippen LogP contribution in [0.25, 0.3) is 0 Å². The quantitative estimate of drug-likeness (QED) is 0.0257. The van der Waals surface area contributed by atoms with Gasteiger partial charge in [-0.2, -0.15) is 0 Å². The van der Waals surface area contributed by atoms with E-state index in [1.165, 1.54) is 199 Å². The van der Waals surface area contributed by atoms with E-state index < -0.39 is 26.5 Å². The largest absolute Gasteiger partial charge is 0.756 e. The number of unbranched alkanes of at least 4 members (excludes halogenated alkanes) is 35. The molecule has 2 unspecified atom stereocenters. The fourth-order valence-electron chi connectivity index (χ4n) is 7.78. The van der Waals surface area contributed by atoms with Gasteiger partial charge in [0, 0.05) is 12.8 Å². The number of esters is 2. The number of phosphoric ester groups is 1. The molecule has 0 spiro atoms. The number of rotatable bonds is 49. The zero-order valence-electron chi connectivity index (χ0n) is 41.1. The summed E-state index contributed by atoms with van der Waals surface area (Å²) in [4.78, 5) is 37.5. The lowest BCUT2D eigenvalue weighted by atomic mass is 10.0. The van der Waals surface area contributed by atoms with Crippen molar-refractivity contribution in [2.24, 2.45) is 0 Å². The van der Waals surface area contributed by atoms with Crippen LogP contribution in [0.2, 0.25) is 0 Å². The molecular weight excluding hydrogens is 786 g/mol. The summed E-state index contributed by atoms with van der Waals surface area (Å²) >= 11 is 0. The molecule has 0 aromatic carbocycles. The van der Waals surface area contributed by atoms with Gasteiger partial charge in [-0.3, -0.25) is 14.2 Å². The summed E-state index contributed by atoms with van der Waals surface area (Å²) in [7, 11) is 1.18. The van der Waals surface area contributed by atoms with Gasteiger partial charge in [0.25, 0.3) is 7.82 Å². The molecular formula is C51H102NO8P. The Labute approximate surface area is 378 Å². The monoisotopic (exact) mass is 888 g/mol. The highest BCUT2D eigenvalue weighted by molar-refractivity contribution is 7.45. The number of likely N-dealkylation sites (N-methyl/N-ethyl adjacent to an activating group) is 1. The van der Waals surface area contributed by atoms with Gasteiger partial charge in [0.05, 0.1) is 27.7 Å². The lowest BCUT2D eigenvalue weighted by Crippen LogP contribution is -2.37. The standard InChI is InChI=1S/C51H102NO8P/c1-6-8-10-12-14-16-17-18-19-20-21-22-23-24-25-26-27-28-29-30-31-32-33-34-36-38-40-42-44-51(54)60-49(48-59-61(55,56)58-46-45-52(3,4)5)47-57-50(53)43-41-39-37-35-15-13-11-9-7-2/h49H,6-48H2,1-5H3. The minimum atomic E-state index is -4.62. The van der Waals surface area contributed by atoms with Crippen LogP contribution in [0.3, 0.4) is 0 Å². The molecule has 0 aliphatic heterocycles. The van der Waals surface area contributed by atoms with Crippen LogP contribution in [0.15, 0.2) is 0 Å². The Hall–Kier alpha value is -0.990. The van der Waals surface area contributed by atoms with E-state index in [1.54, 1.807) is 0 Å². The van der Waals surface area contributed by atoms with Gasteiger partial charge in [0.1, 0.15) is 19.8 Å². The van der Waals surface area contributed by atoms with E-state index in [4.69, 9.17) is 18.5 Å². The number of ether oxygens (including phenoxy) is 2. The van der Waals surface area contributed by atoms with Crippen LogP contribution in [0.4, 0.5) is 0 Å². The minimum absolute atomic E-state index is 0.0257. The van der Waals surface area contributed by atoms with Gasteiger partial charge in [0.2, 0.25) is 0 Å². The van der Waals surface area contributed by atoms with E-state index in [0.717, 1.165) is 32.1 Å². The van der Waals surface area contributed by atoms with Crippen LogP contribution in [-0.2, 0) is 32.7 Å². The van der Waals surface area contributed by atoms with Crippen molar-refractivity contribution in [3.05, 3.63) is 0 Å². The van der Waals surface area contributed by atoms with E-state index in [1.807, 2.05) is 21.1 Å². The maximum absolute atomic E-state index is 12.7. The molecule has 0 aliphatic rings. The smallest absolute Gasteiger partial charge is 0.306 e. The molecule has 0 bridgehead atoms. The molecule has 364 valence electrons. The van der Waals surface area contributed by atoms with Crippen molar-refractivity contribution >= 4 is 19.8 Å². The number of carbonyl (C=O) groups is 2. The van der Waals surface area contributed by atoms with Crippen molar-refractivity contribution in [3.8, 4) is 0 Å². The summed E-state index contributed by atoms with van der Waals surface area (Å²) in [6, 6.07) is 0. The Morgan fingerprint density at radius 2 is 0.738 bits per heavy atom. The second kappa shape index (κ2) is 44.2. The highest BCUT2D eigenvalue weighted by Crippen LogP contribution is 2.38. The molecule has 0 saturated carbocycles. The van der Waals surface area contributed by atoms with Crippen LogP contribution >= 0.6 is 7.82 Å². The van der Waals surface area contributed by atoms with Gasteiger partial charge < -0.3 is 27.9 Å². The van der Waals surface area contributed by atoms with Gasteiger partial charge in [-0.15, -0.1) is 0 Å². The lowest BCUT2D eigenvalue weighted by molar-refractivity contribution is -0.870. The Bertz CT molecular complexity index is 1010. The first-order valence-corrected chi connectivity index (χ1v) is 27.7. The Morgan fingerprint density at radius 3 is 1.05 bits per heavy atom. The summed E-state index contributed by atoms with van der Waals surface area (Å²) < 4.78 is 33.9. The molecule has 0 saturated heterocycles. The van der Waals surface area contributed by atoms with Crippen LogP contribution in [0.1, 0.15) is 264 Å². The average molecular weight is 888 g/mol. The van der Waals surface area contributed by atoms with Gasteiger partial charge in [-0.25, -0.2) is 0 Å². The predicted molar refractivity (Wildman–Crippen MR) is 255 cm³/mol. The molecule has 0 N–H and O–H groups in total. The fraction of sp³-hybridized carbons (Fsp3) is 0.961. The van der Waals surface area contributed by atoms with Crippen LogP contribution in [0.5, 0.6) is 0 Å². The Kier molecular flexibility index (Phi) is 43.5. The van der Waals surface area contributed by atoms with Gasteiger partial charge >= 0.3 is 11.9 Å². The number of hydrogen-bond donors (Lipinski definition) is 0. The zero-order valence-corrected chi connectivity index (χ0v) is 42.0. The molecule has 9 nitrogen and oxygen atoms in total. The second-order valence-corrected chi connectivity index (χ2v) is 20.7. The van der Waals surface area contributed by atoms with Crippen molar-refractivity contribution in [2.45, 2.75) is 270 Å². The Balaban J connectivity index is 3.98. The molecule has 10 heteroatoms. The number of nitrogens with zero attached hydrogens (tertiary/aromatic N) is 1. The topological polar surface area (TPSA) is 111 Å². The third kappa shape index (κ3) is 48.3. The SMILES string of the molecule is CCCCCCCCCCCCCCCCCCCCCCCCCCCCCCC(=O)OC(COC(=O)CCCCCCCCCCC)COP(=O)([O-])OCC[N+](C)(C)C. The Morgan fingerprint density at radius 1 is 0.443 bits per heavy atom. The first kappa shape index (κ1) is 60.0. The molecule has 0 fully saturated rings. The number of phosphoric acid groups is 1. The van der Waals surface area contributed by atoms with Gasteiger partial charge in [-0.05, 0) is 12.8 Å². The highest BCUT2D eigenvalue weighted by Gasteiger charge is 2.21. The third-order valence-corrected chi connectivity index (χ3v) is 12.8. The molecule has 0 aromatic heterocycles. The maximum Gasteiger partial charge on any atom is 0.306 e. The van der Waals surface area contributed by atoms with Crippen molar-refractivity contribution in [2.75, 3.05) is 47.5 Å². The highest BCUT2D eigenvalue weighted by atomic mass is 31.2. The minimum Gasteiger partial charge on any atom is -0.756 e. The van der Waals surface area contributed by atoms with Gasteiger partial charge in [0.15, 0.2) is 6.10 Å². The fourth-order valence-corrected chi connectivity index (χ4v) is 8.50. The summed E-state index contributed by atoms with van der Waals surface area (Å²) in [6.45, 7) is 4.25. The van der Waals surface area contributed by atoms with E-state index in [0.29, 0.717) is 17.4 Å². The zero-order chi connectivity index (χ0) is 45.0. The molecule has 0 amide bonds. The summed E-state index contributed by atoms with van der Waals surface area (Å²) in [5, 5.41) is 0. The maximum atomic E-state index is 12.7. The van der Waals surface area contributed by atoms with Crippen LogP contribution < -0.4 is 4.89 Å². The first-order chi connectivity index (χ1) is 29.5. The summed E-state index contributed by atoms with van der Waals surface area (Å²) in [6.07, 6.45) is 47.4. The predicted octanol–water partition coefficient (Wildman–Crippen LogP) is 14.9. The van der Waals surface area contributed by atoms with E-state index in [2.05, 4.69) is 13.8 Å². The summed E-state index contributed by atoms with van der Waals surface area (Å²) in [5.74, 6) is -0.820. The van der Waals surface area contributed by atoms with Crippen molar-refractivity contribution in [1.82, 2.24) is 0 Å². The molecule has 0 radical (unpaired) electrons. The normalized spacial score (nSPS) is 13.3. The molecule has 0 rings (SSSR count). The van der Waals surface area contributed by atoms with Crippen molar-refractivity contribution in [1.29, 1.82) is 0 Å². The molecule has 0 aliphatic carbocycles. The van der Waals surface area contributed by atoms with Crippen molar-refractivity contribution in [3.63, 3.8) is 0 Å². The van der Waals surface area contributed by atoms with Crippen LogP contribution in [0, 0.1) is 0 Å². The molecule has 0 heterocycles. The van der Waals surface area contributed by atoms with Crippen LogP contribution in [-0.4, -0.2) is 70.0 Å². The van der Waals surface area contributed by atoms with E-state index in [-0.39, 0.29) is 32.0 Å². The lowest BCUT2D eigenvalue weighted by Gasteiger charge is -2.28. The van der Waals surface area contributed by atoms with E-state index in [9.17, 15) is 19.0 Å². The van der Waals surface area contributed by atoms with Gasteiger partial charge in [-0.1, -0.05) is 239 Å². The molecule has 61 heavy (non-hydrogen) atoms. The molecule has 0 aromatic rings. The third-order valence-electron chi connectivity index (χ3n) is 11.9. The summed E-state index contributed by atoms with van der Waals surface area (Å²) in [5.41, 5.74) is 0. The van der Waals surface area contributed by atoms with E-state index >= 15 is 0 Å². The number of hydrogen-bond acceptors (Lipinski definition) is 8. The van der Waals surface area contributed by atoms with Crippen molar-refractivity contribution < 1.29 is 42.1 Å². The number of quaternary nitrogens is 1. The molecule has 2 atom stereocenters.